The van der Waals surface area contributed by atoms with Gasteiger partial charge in [0.05, 0.1) is 12.8 Å². The Balaban J connectivity index is 1.69. The van der Waals surface area contributed by atoms with E-state index in [1.165, 1.54) is 32.1 Å². The third-order valence-corrected chi connectivity index (χ3v) is 4.34. The number of carbonyl (C=O) groups excluding carboxylic acids is 1. The van der Waals surface area contributed by atoms with Crippen LogP contribution in [0.2, 0.25) is 0 Å². The number of rotatable bonds is 11. The van der Waals surface area contributed by atoms with E-state index in [1.807, 2.05) is 43.3 Å². The summed E-state index contributed by atoms with van der Waals surface area (Å²) in [5.41, 5.74) is 5.16. The summed E-state index contributed by atoms with van der Waals surface area (Å²) in [7, 11) is 0. The van der Waals surface area contributed by atoms with Crippen molar-refractivity contribution in [1.82, 2.24) is 5.43 Å². The second kappa shape index (κ2) is 11.9. The van der Waals surface area contributed by atoms with Crippen molar-refractivity contribution < 1.29 is 9.53 Å². The van der Waals surface area contributed by atoms with Crippen LogP contribution in [0, 0.1) is 6.92 Å². The number of hydrogen-bond acceptors (Lipinski definition) is 3. The third-order valence-electron chi connectivity index (χ3n) is 4.34. The first-order valence-corrected chi connectivity index (χ1v) is 9.82. The fraction of sp³-hybridized carbons (Fsp3) is 0.391. The molecule has 4 nitrogen and oxygen atoms in total. The lowest BCUT2D eigenvalue weighted by Crippen LogP contribution is -2.17. The van der Waals surface area contributed by atoms with Crippen molar-refractivity contribution in [2.45, 2.75) is 52.4 Å². The van der Waals surface area contributed by atoms with E-state index in [9.17, 15) is 4.79 Å². The third kappa shape index (κ3) is 8.07. The predicted molar refractivity (Wildman–Crippen MR) is 112 cm³/mol. The number of amides is 1. The summed E-state index contributed by atoms with van der Waals surface area (Å²) in [4.78, 5) is 12.0. The van der Waals surface area contributed by atoms with Gasteiger partial charge in [-0.25, -0.2) is 5.43 Å². The molecule has 4 heteroatoms. The number of aryl methyl sites for hydroxylation is 1. The van der Waals surface area contributed by atoms with E-state index in [-0.39, 0.29) is 5.91 Å². The SMILES string of the molecule is CCCCCCCCOc1ccc(C=NNC(=O)c2ccc(C)cc2)cc1. The molecule has 0 aliphatic rings. The summed E-state index contributed by atoms with van der Waals surface area (Å²) in [6.07, 6.45) is 9.18. The molecule has 0 unspecified atom stereocenters. The number of ether oxygens (including phenoxy) is 1. The first-order valence-electron chi connectivity index (χ1n) is 9.82. The zero-order valence-corrected chi connectivity index (χ0v) is 16.4. The van der Waals surface area contributed by atoms with Gasteiger partial charge in [0.15, 0.2) is 0 Å². The summed E-state index contributed by atoms with van der Waals surface area (Å²) in [5, 5.41) is 4.02. The number of nitrogens with one attached hydrogen (secondary N) is 1. The van der Waals surface area contributed by atoms with E-state index in [2.05, 4.69) is 17.5 Å². The van der Waals surface area contributed by atoms with Gasteiger partial charge >= 0.3 is 0 Å². The average Bonchev–Trinajstić information content (AvgIpc) is 2.69. The van der Waals surface area contributed by atoms with Crippen molar-refractivity contribution in [3.63, 3.8) is 0 Å². The topological polar surface area (TPSA) is 50.7 Å². The molecule has 144 valence electrons. The van der Waals surface area contributed by atoms with E-state index in [0.29, 0.717) is 5.56 Å². The first-order chi connectivity index (χ1) is 13.2. The second-order valence-corrected chi connectivity index (χ2v) is 6.75. The van der Waals surface area contributed by atoms with Crippen LogP contribution in [0.15, 0.2) is 53.6 Å². The number of unbranched alkanes of at least 4 members (excludes halogenated alkanes) is 5. The normalized spacial score (nSPS) is 10.9. The molecule has 0 aromatic heterocycles. The molecule has 0 radical (unpaired) electrons. The van der Waals surface area contributed by atoms with Crippen LogP contribution < -0.4 is 10.2 Å². The van der Waals surface area contributed by atoms with Gasteiger partial charge in [0, 0.05) is 5.56 Å². The lowest BCUT2D eigenvalue weighted by Gasteiger charge is -2.06. The lowest BCUT2D eigenvalue weighted by molar-refractivity contribution is 0.0955. The fourth-order valence-electron chi connectivity index (χ4n) is 2.66. The molecule has 0 aliphatic carbocycles. The van der Waals surface area contributed by atoms with Gasteiger partial charge in [0.25, 0.3) is 5.91 Å². The minimum absolute atomic E-state index is 0.217. The molecule has 2 rings (SSSR count). The van der Waals surface area contributed by atoms with Crippen molar-refractivity contribution >= 4 is 12.1 Å². The fourth-order valence-corrected chi connectivity index (χ4v) is 2.66. The summed E-state index contributed by atoms with van der Waals surface area (Å²) in [6.45, 7) is 4.97. The molecule has 0 saturated heterocycles. The number of carbonyl (C=O) groups is 1. The average molecular weight is 367 g/mol. The molecule has 0 saturated carbocycles. The van der Waals surface area contributed by atoms with Crippen molar-refractivity contribution in [3.8, 4) is 5.75 Å². The van der Waals surface area contributed by atoms with Crippen LogP contribution >= 0.6 is 0 Å². The molecular weight excluding hydrogens is 336 g/mol. The summed E-state index contributed by atoms with van der Waals surface area (Å²) in [6, 6.07) is 15.1. The maximum Gasteiger partial charge on any atom is 0.271 e. The van der Waals surface area contributed by atoms with Crippen molar-refractivity contribution in [3.05, 3.63) is 65.2 Å². The van der Waals surface area contributed by atoms with E-state index in [0.717, 1.165) is 29.9 Å². The van der Waals surface area contributed by atoms with E-state index < -0.39 is 0 Å². The molecule has 2 aromatic carbocycles. The van der Waals surface area contributed by atoms with Gasteiger partial charge in [0.1, 0.15) is 5.75 Å². The zero-order chi connectivity index (χ0) is 19.3. The van der Waals surface area contributed by atoms with Crippen LogP contribution in [-0.2, 0) is 0 Å². The molecule has 0 bridgehead atoms. The Kier molecular flexibility index (Phi) is 9.11. The Morgan fingerprint density at radius 2 is 1.63 bits per heavy atom. The summed E-state index contributed by atoms with van der Waals surface area (Å²) >= 11 is 0. The highest BCUT2D eigenvalue weighted by molar-refractivity contribution is 5.94. The Labute approximate surface area is 162 Å². The maximum absolute atomic E-state index is 12.0. The van der Waals surface area contributed by atoms with Crippen LogP contribution in [0.4, 0.5) is 0 Å². The van der Waals surface area contributed by atoms with Gasteiger partial charge < -0.3 is 4.74 Å². The largest absolute Gasteiger partial charge is 0.494 e. The highest BCUT2D eigenvalue weighted by Crippen LogP contribution is 2.12. The summed E-state index contributed by atoms with van der Waals surface area (Å²) in [5.74, 6) is 0.648. The van der Waals surface area contributed by atoms with Gasteiger partial charge in [-0.2, -0.15) is 5.10 Å². The van der Waals surface area contributed by atoms with Crippen molar-refractivity contribution in [2.24, 2.45) is 5.10 Å². The van der Waals surface area contributed by atoms with Crippen molar-refractivity contribution in [1.29, 1.82) is 0 Å². The molecule has 0 fully saturated rings. The van der Waals surface area contributed by atoms with Crippen LogP contribution in [0.5, 0.6) is 5.75 Å². The van der Waals surface area contributed by atoms with E-state index in [1.54, 1.807) is 18.3 Å². The second-order valence-electron chi connectivity index (χ2n) is 6.75. The van der Waals surface area contributed by atoms with Gasteiger partial charge in [-0.15, -0.1) is 0 Å². The van der Waals surface area contributed by atoms with Crippen LogP contribution in [0.3, 0.4) is 0 Å². The standard InChI is InChI=1S/C23H30N2O2/c1-3-4-5-6-7-8-17-27-22-15-11-20(12-16-22)18-24-25-23(26)21-13-9-19(2)10-14-21/h9-16,18H,3-8,17H2,1-2H3,(H,25,26). The van der Waals surface area contributed by atoms with Gasteiger partial charge in [0.2, 0.25) is 0 Å². The number of hydrogen-bond donors (Lipinski definition) is 1. The Hall–Kier alpha value is -2.62. The zero-order valence-electron chi connectivity index (χ0n) is 16.4. The van der Waals surface area contributed by atoms with E-state index >= 15 is 0 Å². The summed E-state index contributed by atoms with van der Waals surface area (Å²) < 4.78 is 5.76. The molecule has 2 aromatic rings. The van der Waals surface area contributed by atoms with Gasteiger partial charge in [-0.1, -0.05) is 56.7 Å². The molecule has 1 amide bonds. The molecule has 1 N–H and O–H groups in total. The van der Waals surface area contributed by atoms with Crippen LogP contribution in [-0.4, -0.2) is 18.7 Å². The first kappa shape index (κ1) is 20.7. The highest BCUT2D eigenvalue weighted by Gasteiger charge is 2.02. The molecule has 0 heterocycles. The quantitative estimate of drug-likeness (QED) is 0.324. The molecule has 0 spiro atoms. The lowest BCUT2D eigenvalue weighted by atomic mass is 10.1. The monoisotopic (exact) mass is 366 g/mol. The van der Waals surface area contributed by atoms with Crippen LogP contribution in [0.25, 0.3) is 0 Å². The van der Waals surface area contributed by atoms with Crippen LogP contribution in [0.1, 0.15) is 66.9 Å². The Morgan fingerprint density at radius 3 is 2.33 bits per heavy atom. The Bertz CT molecular complexity index is 706. The minimum Gasteiger partial charge on any atom is -0.494 e. The van der Waals surface area contributed by atoms with Crippen molar-refractivity contribution in [2.75, 3.05) is 6.61 Å². The number of hydrazone groups is 1. The molecule has 0 atom stereocenters. The Morgan fingerprint density at radius 1 is 0.963 bits per heavy atom. The molecule has 27 heavy (non-hydrogen) atoms. The predicted octanol–water partition coefficient (Wildman–Crippen LogP) is 5.50. The highest BCUT2D eigenvalue weighted by atomic mass is 16.5. The molecular formula is C23H30N2O2. The number of benzene rings is 2. The smallest absolute Gasteiger partial charge is 0.271 e. The molecule has 0 aliphatic heterocycles. The van der Waals surface area contributed by atoms with Gasteiger partial charge in [-0.05, 0) is 55.3 Å². The van der Waals surface area contributed by atoms with Gasteiger partial charge in [-0.3, -0.25) is 4.79 Å². The van der Waals surface area contributed by atoms with E-state index in [4.69, 9.17) is 4.74 Å². The number of nitrogens with zero attached hydrogens (tertiary/aromatic N) is 1. The minimum atomic E-state index is -0.217. The maximum atomic E-state index is 12.0.